The van der Waals surface area contributed by atoms with Crippen molar-refractivity contribution in [2.24, 2.45) is 0 Å². The highest BCUT2D eigenvalue weighted by molar-refractivity contribution is 6.27. The molecular formula is C23H16N2. The number of benzene rings is 3. The normalized spacial score (nSPS) is 12.4. The molecule has 25 heavy (non-hydrogen) atoms. The molecule has 0 saturated carbocycles. The zero-order valence-electron chi connectivity index (χ0n) is 14.2. The van der Waals surface area contributed by atoms with Gasteiger partial charge in [-0.25, -0.2) is 0 Å². The van der Waals surface area contributed by atoms with Gasteiger partial charge in [0.25, 0.3) is 0 Å². The summed E-state index contributed by atoms with van der Waals surface area (Å²) < 4.78 is 2.45. The van der Waals surface area contributed by atoms with Crippen LogP contribution < -0.4 is 0 Å². The molecule has 6 aromatic rings. The average Bonchev–Trinajstić information content (AvgIpc) is 2.96. The molecule has 0 aliphatic heterocycles. The molecule has 0 amide bonds. The monoisotopic (exact) mass is 320 g/mol. The van der Waals surface area contributed by atoms with E-state index < -0.39 is 0 Å². The third-order valence-electron chi connectivity index (χ3n) is 5.49. The molecule has 0 atom stereocenters. The summed E-state index contributed by atoms with van der Waals surface area (Å²) in [5, 5.41) is 6.38. The van der Waals surface area contributed by atoms with E-state index in [0.717, 1.165) is 5.52 Å². The van der Waals surface area contributed by atoms with Crippen LogP contribution in [0.1, 0.15) is 11.1 Å². The van der Waals surface area contributed by atoms with Gasteiger partial charge in [-0.05, 0) is 43.0 Å². The van der Waals surface area contributed by atoms with Gasteiger partial charge in [0, 0.05) is 27.7 Å². The molecule has 0 bridgehead atoms. The lowest BCUT2D eigenvalue weighted by Crippen LogP contribution is -1.96. The summed E-state index contributed by atoms with van der Waals surface area (Å²) in [6.07, 6.45) is 1.93. The predicted molar refractivity (Wildman–Crippen MR) is 106 cm³/mol. The number of pyridine rings is 2. The molecule has 3 heterocycles. The van der Waals surface area contributed by atoms with Gasteiger partial charge in [-0.15, -0.1) is 0 Å². The van der Waals surface area contributed by atoms with E-state index in [1.807, 2.05) is 6.20 Å². The quantitative estimate of drug-likeness (QED) is 0.248. The number of fused-ring (bicyclic) bond motifs is 6. The van der Waals surface area contributed by atoms with Crippen LogP contribution in [0, 0.1) is 13.8 Å². The number of aryl methyl sites for hydroxylation is 2. The molecule has 2 nitrogen and oxygen atoms in total. The SMILES string of the molecule is Cc1cc(C)c2c(c1)c1nccc3ccc4c5ccccc5n2c4c31. The second kappa shape index (κ2) is 4.28. The van der Waals surface area contributed by atoms with Crippen LogP contribution in [0.3, 0.4) is 0 Å². The van der Waals surface area contributed by atoms with Gasteiger partial charge in [0.1, 0.15) is 0 Å². The van der Waals surface area contributed by atoms with E-state index in [0.29, 0.717) is 0 Å². The minimum absolute atomic E-state index is 1.11. The van der Waals surface area contributed by atoms with Gasteiger partial charge < -0.3 is 4.40 Å². The van der Waals surface area contributed by atoms with Crippen molar-refractivity contribution >= 4 is 49.0 Å². The number of rotatable bonds is 0. The maximum absolute atomic E-state index is 4.80. The lowest BCUT2D eigenvalue weighted by atomic mass is 10.00. The van der Waals surface area contributed by atoms with Gasteiger partial charge in [-0.1, -0.05) is 42.0 Å². The van der Waals surface area contributed by atoms with Gasteiger partial charge in [0.05, 0.1) is 22.1 Å². The van der Waals surface area contributed by atoms with Crippen LogP contribution in [0.4, 0.5) is 0 Å². The van der Waals surface area contributed by atoms with Gasteiger partial charge in [0.15, 0.2) is 0 Å². The number of hydrogen-bond acceptors (Lipinski definition) is 1. The topological polar surface area (TPSA) is 17.3 Å². The van der Waals surface area contributed by atoms with E-state index in [1.165, 1.54) is 54.6 Å². The fourth-order valence-corrected chi connectivity index (χ4v) is 4.59. The molecule has 0 unspecified atom stereocenters. The summed E-state index contributed by atoms with van der Waals surface area (Å²) in [6, 6.07) is 19.9. The molecule has 0 spiro atoms. The molecule has 3 aromatic heterocycles. The summed E-state index contributed by atoms with van der Waals surface area (Å²) in [5.41, 5.74) is 7.53. The zero-order chi connectivity index (χ0) is 16.7. The number of nitrogens with zero attached hydrogens (tertiary/aromatic N) is 2. The van der Waals surface area contributed by atoms with E-state index in [9.17, 15) is 0 Å². The fourth-order valence-electron chi connectivity index (χ4n) is 4.59. The van der Waals surface area contributed by atoms with Crippen molar-refractivity contribution in [2.45, 2.75) is 13.8 Å². The van der Waals surface area contributed by atoms with Crippen molar-refractivity contribution < 1.29 is 0 Å². The summed E-state index contributed by atoms with van der Waals surface area (Å²) in [7, 11) is 0. The highest BCUT2D eigenvalue weighted by Crippen LogP contribution is 2.41. The molecule has 0 aliphatic rings. The Morgan fingerprint density at radius 3 is 2.60 bits per heavy atom. The summed E-state index contributed by atoms with van der Waals surface area (Å²) in [6.45, 7) is 4.37. The first kappa shape index (κ1) is 13.2. The Hall–Kier alpha value is -3.13. The summed E-state index contributed by atoms with van der Waals surface area (Å²) in [5.74, 6) is 0. The van der Waals surface area contributed by atoms with Crippen LogP contribution in [-0.2, 0) is 0 Å². The zero-order valence-corrected chi connectivity index (χ0v) is 14.2. The van der Waals surface area contributed by atoms with Crippen molar-refractivity contribution in [1.82, 2.24) is 9.38 Å². The molecule has 2 heteroatoms. The lowest BCUT2D eigenvalue weighted by molar-refractivity contribution is 1.29. The average molecular weight is 320 g/mol. The van der Waals surface area contributed by atoms with Crippen LogP contribution >= 0.6 is 0 Å². The van der Waals surface area contributed by atoms with E-state index in [4.69, 9.17) is 4.98 Å². The Labute approximate surface area is 144 Å². The van der Waals surface area contributed by atoms with Crippen molar-refractivity contribution in [1.29, 1.82) is 0 Å². The van der Waals surface area contributed by atoms with Crippen molar-refractivity contribution in [3.8, 4) is 0 Å². The van der Waals surface area contributed by atoms with Crippen LogP contribution in [-0.4, -0.2) is 9.38 Å². The number of aromatic nitrogens is 2. The number of para-hydroxylation sites is 1. The minimum atomic E-state index is 1.11. The Morgan fingerprint density at radius 2 is 1.68 bits per heavy atom. The largest absolute Gasteiger partial charge is 0.308 e. The standard InChI is InChI=1S/C23H16N2/c1-13-11-14(2)22-18(12-13)21-20-15(9-10-24-21)7-8-17-16-5-3-4-6-19(16)25(22)23(17)20/h3-12H,1-2H3. The Balaban J connectivity index is 2.16. The van der Waals surface area contributed by atoms with E-state index in [-0.39, 0.29) is 0 Å². The molecular weight excluding hydrogens is 304 g/mol. The summed E-state index contributed by atoms with van der Waals surface area (Å²) in [4.78, 5) is 4.80. The number of hydrogen-bond donors (Lipinski definition) is 0. The Bertz CT molecular complexity index is 1450. The summed E-state index contributed by atoms with van der Waals surface area (Å²) >= 11 is 0. The molecule has 0 aliphatic carbocycles. The van der Waals surface area contributed by atoms with Crippen molar-refractivity contribution in [3.05, 3.63) is 71.9 Å². The Morgan fingerprint density at radius 1 is 0.800 bits per heavy atom. The fraction of sp³-hybridized carbons (Fsp3) is 0.0870. The molecule has 0 radical (unpaired) electrons. The molecule has 0 fully saturated rings. The van der Waals surface area contributed by atoms with Gasteiger partial charge in [-0.2, -0.15) is 0 Å². The third kappa shape index (κ3) is 1.48. The van der Waals surface area contributed by atoms with Gasteiger partial charge >= 0.3 is 0 Å². The van der Waals surface area contributed by atoms with E-state index in [2.05, 4.69) is 72.8 Å². The lowest BCUT2D eigenvalue weighted by Gasteiger charge is -2.14. The molecule has 118 valence electrons. The molecule has 0 saturated heterocycles. The van der Waals surface area contributed by atoms with Crippen molar-refractivity contribution in [2.75, 3.05) is 0 Å². The second-order valence-corrected chi connectivity index (χ2v) is 7.05. The van der Waals surface area contributed by atoms with Crippen LogP contribution in [0.15, 0.2) is 60.8 Å². The smallest absolute Gasteiger partial charge is 0.0822 e. The first-order chi connectivity index (χ1) is 12.2. The van der Waals surface area contributed by atoms with Crippen LogP contribution in [0.5, 0.6) is 0 Å². The molecule has 6 rings (SSSR count). The first-order valence-corrected chi connectivity index (χ1v) is 8.67. The minimum Gasteiger partial charge on any atom is -0.308 e. The highest BCUT2D eigenvalue weighted by Gasteiger charge is 2.19. The van der Waals surface area contributed by atoms with Crippen molar-refractivity contribution in [3.63, 3.8) is 0 Å². The molecule has 0 N–H and O–H groups in total. The maximum Gasteiger partial charge on any atom is 0.0822 e. The Kier molecular flexibility index (Phi) is 2.26. The van der Waals surface area contributed by atoms with Crippen LogP contribution in [0.2, 0.25) is 0 Å². The van der Waals surface area contributed by atoms with Gasteiger partial charge in [0.2, 0.25) is 0 Å². The van der Waals surface area contributed by atoms with Gasteiger partial charge in [-0.3, -0.25) is 4.98 Å². The second-order valence-electron chi connectivity index (χ2n) is 7.05. The van der Waals surface area contributed by atoms with E-state index in [1.54, 1.807) is 0 Å². The highest BCUT2D eigenvalue weighted by atomic mass is 14.9. The maximum atomic E-state index is 4.80. The molecule has 3 aromatic carbocycles. The van der Waals surface area contributed by atoms with E-state index >= 15 is 0 Å². The predicted octanol–water partition coefficient (Wildman–Crippen LogP) is 6.00. The third-order valence-corrected chi connectivity index (χ3v) is 5.49. The van der Waals surface area contributed by atoms with Crippen LogP contribution in [0.25, 0.3) is 49.0 Å². The first-order valence-electron chi connectivity index (χ1n) is 8.67.